The first-order valence-electron chi connectivity index (χ1n) is 9.87. The van der Waals surface area contributed by atoms with Crippen molar-refractivity contribution in [2.24, 2.45) is 0 Å². The zero-order chi connectivity index (χ0) is 22.5. The minimum Gasteiger partial charge on any atom is -0.487 e. The Morgan fingerprint density at radius 3 is 2.69 bits per heavy atom. The van der Waals surface area contributed by atoms with Crippen LogP contribution < -0.4 is 20.3 Å². The van der Waals surface area contributed by atoms with Crippen LogP contribution in [0.15, 0.2) is 77.7 Å². The largest absolute Gasteiger partial charge is 0.487 e. The second-order valence-electron chi connectivity index (χ2n) is 7.07. The van der Waals surface area contributed by atoms with E-state index in [4.69, 9.17) is 21.1 Å². The van der Waals surface area contributed by atoms with Gasteiger partial charge in [0.1, 0.15) is 23.8 Å². The van der Waals surface area contributed by atoms with E-state index in [1.807, 2.05) is 19.1 Å². The standard InChI is InChI=1S/C24H20ClN3O4/c1-16-5-8-18(27-23(29)15-31-20-9-6-17(25)7-10-20)12-21(16)32-14-19-13-24(30)28-11-3-2-4-22(28)26-19/h2-13H,14-15H2,1H3,(H,27,29). The number of nitrogens with one attached hydrogen (secondary N) is 1. The molecule has 0 atom stereocenters. The normalized spacial score (nSPS) is 10.7. The minimum atomic E-state index is -0.307. The summed E-state index contributed by atoms with van der Waals surface area (Å²) < 4.78 is 12.8. The first-order valence-corrected chi connectivity index (χ1v) is 10.2. The van der Waals surface area contributed by atoms with Gasteiger partial charge >= 0.3 is 0 Å². The summed E-state index contributed by atoms with van der Waals surface area (Å²) >= 11 is 5.84. The number of aryl methyl sites for hydroxylation is 1. The van der Waals surface area contributed by atoms with Gasteiger partial charge in [0.15, 0.2) is 6.61 Å². The van der Waals surface area contributed by atoms with Crippen LogP contribution in [0.3, 0.4) is 0 Å². The number of rotatable bonds is 7. The van der Waals surface area contributed by atoms with Crippen LogP contribution in [0.4, 0.5) is 5.69 Å². The number of anilines is 1. The number of carbonyl (C=O) groups is 1. The van der Waals surface area contributed by atoms with Crippen molar-refractivity contribution in [2.75, 3.05) is 11.9 Å². The Kier molecular flexibility index (Phi) is 6.37. The Labute approximate surface area is 189 Å². The fraction of sp³-hybridized carbons (Fsp3) is 0.125. The summed E-state index contributed by atoms with van der Waals surface area (Å²) in [4.78, 5) is 28.9. The molecular formula is C24H20ClN3O4. The molecular weight excluding hydrogens is 430 g/mol. The highest BCUT2D eigenvalue weighted by molar-refractivity contribution is 6.30. The predicted molar refractivity (Wildman–Crippen MR) is 123 cm³/mol. The average Bonchev–Trinajstić information content (AvgIpc) is 2.79. The molecule has 0 radical (unpaired) electrons. The highest BCUT2D eigenvalue weighted by Crippen LogP contribution is 2.23. The van der Waals surface area contributed by atoms with Crippen LogP contribution in [-0.2, 0) is 11.4 Å². The van der Waals surface area contributed by atoms with Gasteiger partial charge in [0.25, 0.3) is 11.5 Å². The lowest BCUT2D eigenvalue weighted by Crippen LogP contribution is -2.20. The monoisotopic (exact) mass is 449 g/mol. The molecule has 2 heterocycles. The van der Waals surface area contributed by atoms with Gasteiger partial charge in [0, 0.05) is 29.0 Å². The highest BCUT2D eigenvalue weighted by Gasteiger charge is 2.09. The zero-order valence-corrected chi connectivity index (χ0v) is 18.0. The lowest BCUT2D eigenvalue weighted by molar-refractivity contribution is -0.118. The summed E-state index contributed by atoms with van der Waals surface area (Å²) in [6.45, 7) is 1.88. The number of amides is 1. The third kappa shape index (κ3) is 5.25. The number of aromatic nitrogens is 2. The Balaban J connectivity index is 1.39. The van der Waals surface area contributed by atoms with E-state index in [1.54, 1.807) is 54.7 Å². The second-order valence-corrected chi connectivity index (χ2v) is 7.51. The predicted octanol–water partition coefficient (Wildman–Crippen LogP) is 4.25. The summed E-state index contributed by atoms with van der Waals surface area (Å²) in [6.07, 6.45) is 1.67. The van der Waals surface area contributed by atoms with Gasteiger partial charge in [-0.05, 0) is 55.0 Å². The quantitative estimate of drug-likeness (QED) is 0.456. The van der Waals surface area contributed by atoms with E-state index < -0.39 is 0 Å². The Hall–Kier alpha value is -3.84. The number of hydrogen-bond donors (Lipinski definition) is 1. The molecule has 2 aromatic carbocycles. The lowest BCUT2D eigenvalue weighted by atomic mass is 10.2. The van der Waals surface area contributed by atoms with E-state index in [9.17, 15) is 9.59 Å². The number of ether oxygens (including phenoxy) is 2. The van der Waals surface area contributed by atoms with Gasteiger partial charge in [-0.15, -0.1) is 0 Å². The molecule has 1 N–H and O–H groups in total. The van der Waals surface area contributed by atoms with Crippen LogP contribution in [0.25, 0.3) is 5.65 Å². The number of hydrogen-bond acceptors (Lipinski definition) is 5. The van der Waals surface area contributed by atoms with E-state index in [0.717, 1.165) is 5.56 Å². The average molecular weight is 450 g/mol. The van der Waals surface area contributed by atoms with Gasteiger partial charge in [0.05, 0.1) is 5.69 Å². The molecule has 162 valence electrons. The summed E-state index contributed by atoms with van der Waals surface area (Å²) in [5, 5.41) is 3.38. The maximum atomic E-state index is 12.2. The molecule has 0 bridgehead atoms. The number of pyridine rings is 1. The molecule has 32 heavy (non-hydrogen) atoms. The van der Waals surface area contributed by atoms with Gasteiger partial charge in [-0.3, -0.25) is 14.0 Å². The van der Waals surface area contributed by atoms with Gasteiger partial charge in [-0.1, -0.05) is 23.7 Å². The lowest BCUT2D eigenvalue weighted by Gasteiger charge is -2.12. The van der Waals surface area contributed by atoms with Crippen molar-refractivity contribution in [3.8, 4) is 11.5 Å². The topological polar surface area (TPSA) is 81.9 Å². The van der Waals surface area contributed by atoms with E-state index >= 15 is 0 Å². The van der Waals surface area contributed by atoms with Gasteiger partial charge in [0.2, 0.25) is 0 Å². The van der Waals surface area contributed by atoms with Gasteiger partial charge < -0.3 is 14.8 Å². The molecule has 1 amide bonds. The Morgan fingerprint density at radius 2 is 1.88 bits per heavy atom. The van der Waals surface area contributed by atoms with Gasteiger partial charge in [-0.2, -0.15) is 0 Å². The SMILES string of the molecule is Cc1ccc(NC(=O)COc2ccc(Cl)cc2)cc1OCc1cc(=O)n2ccccc2n1. The number of halogens is 1. The van der Waals surface area contributed by atoms with Crippen LogP contribution in [0.5, 0.6) is 11.5 Å². The molecule has 0 saturated heterocycles. The first-order chi connectivity index (χ1) is 15.5. The molecule has 0 spiro atoms. The third-order valence-corrected chi connectivity index (χ3v) is 4.91. The van der Waals surface area contributed by atoms with Crippen LogP contribution >= 0.6 is 11.6 Å². The Morgan fingerprint density at radius 1 is 1.06 bits per heavy atom. The fourth-order valence-corrected chi connectivity index (χ4v) is 3.16. The summed E-state index contributed by atoms with van der Waals surface area (Å²) in [5.74, 6) is 0.826. The van der Waals surface area contributed by atoms with Crippen LogP contribution in [0, 0.1) is 6.92 Å². The molecule has 0 aliphatic rings. The van der Waals surface area contributed by atoms with Crippen molar-refractivity contribution in [3.63, 3.8) is 0 Å². The second kappa shape index (κ2) is 9.53. The molecule has 4 rings (SSSR count). The summed E-state index contributed by atoms with van der Waals surface area (Å²) in [7, 11) is 0. The minimum absolute atomic E-state index is 0.124. The van der Waals surface area contributed by atoms with Crippen LogP contribution in [-0.4, -0.2) is 21.9 Å². The summed E-state index contributed by atoms with van der Waals surface area (Å²) in [6, 6.07) is 18.9. The molecule has 0 saturated carbocycles. The van der Waals surface area contributed by atoms with Crippen molar-refractivity contribution < 1.29 is 14.3 Å². The molecule has 0 aliphatic carbocycles. The number of benzene rings is 2. The zero-order valence-electron chi connectivity index (χ0n) is 17.2. The third-order valence-electron chi connectivity index (χ3n) is 4.66. The van der Waals surface area contributed by atoms with E-state index in [-0.39, 0.29) is 24.7 Å². The van der Waals surface area contributed by atoms with Crippen molar-refractivity contribution in [1.29, 1.82) is 0 Å². The van der Waals surface area contributed by atoms with Crippen LogP contribution in [0.1, 0.15) is 11.3 Å². The smallest absolute Gasteiger partial charge is 0.262 e. The van der Waals surface area contributed by atoms with Crippen molar-refractivity contribution in [1.82, 2.24) is 9.38 Å². The maximum Gasteiger partial charge on any atom is 0.262 e. The molecule has 2 aromatic heterocycles. The van der Waals surface area contributed by atoms with Crippen molar-refractivity contribution >= 4 is 28.8 Å². The van der Waals surface area contributed by atoms with Crippen molar-refractivity contribution in [2.45, 2.75) is 13.5 Å². The molecule has 4 aromatic rings. The number of fused-ring (bicyclic) bond motifs is 1. The fourth-order valence-electron chi connectivity index (χ4n) is 3.04. The molecule has 0 fully saturated rings. The number of carbonyl (C=O) groups excluding carboxylic acids is 1. The van der Waals surface area contributed by atoms with E-state index in [1.165, 1.54) is 10.5 Å². The number of nitrogens with zero attached hydrogens (tertiary/aromatic N) is 2. The molecule has 8 heteroatoms. The van der Waals surface area contributed by atoms with Crippen LogP contribution in [0.2, 0.25) is 5.02 Å². The molecule has 0 aliphatic heterocycles. The first kappa shape index (κ1) is 21.4. The molecule has 0 unspecified atom stereocenters. The van der Waals surface area contributed by atoms with E-state index in [0.29, 0.717) is 33.6 Å². The van der Waals surface area contributed by atoms with Crippen molar-refractivity contribution in [3.05, 3.63) is 99.6 Å². The maximum absolute atomic E-state index is 12.2. The highest BCUT2D eigenvalue weighted by atomic mass is 35.5. The summed E-state index contributed by atoms with van der Waals surface area (Å²) in [5.41, 5.74) is 2.36. The van der Waals surface area contributed by atoms with E-state index in [2.05, 4.69) is 10.3 Å². The Bertz CT molecular complexity index is 1320. The molecule has 7 nitrogen and oxygen atoms in total. The van der Waals surface area contributed by atoms with Gasteiger partial charge in [-0.25, -0.2) is 4.98 Å².